The number of rotatable bonds is 8. The maximum atomic E-state index is 12.2. The van der Waals surface area contributed by atoms with E-state index in [1.807, 2.05) is 16.9 Å². The molecule has 0 fully saturated rings. The number of nitrogens with zero attached hydrogens (tertiary/aromatic N) is 4. The number of alkyl halides is 2. The van der Waals surface area contributed by atoms with Gasteiger partial charge in [-0.05, 0) is 12.0 Å². The molecule has 5 nitrogen and oxygen atoms in total. The van der Waals surface area contributed by atoms with Gasteiger partial charge < -0.3 is 5.32 Å². The summed E-state index contributed by atoms with van der Waals surface area (Å²) in [6, 6.07) is 1.98. The molecule has 0 saturated heterocycles. The van der Waals surface area contributed by atoms with E-state index in [0.29, 0.717) is 19.0 Å². The fourth-order valence-corrected chi connectivity index (χ4v) is 2.05. The van der Waals surface area contributed by atoms with E-state index in [1.54, 1.807) is 12.4 Å². The third-order valence-electron chi connectivity index (χ3n) is 2.90. The van der Waals surface area contributed by atoms with Crippen LogP contribution in [0.5, 0.6) is 0 Å². The molecule has 0 aliphatic carbocycles. The second-order valence-corrected chi connectivity index (χ2v) is 5.49. The summed E-state index contributed by atoms with van der Waals surface area (Å²) in [5.74, 6) is 0.561. The van der Waals surface area contributed by atoms with Gasteiger partial charge in [0.15, 0.2) is 0 Å². The summed E-state index contributed by atoms with van der Waals surface area (Å²) in [4.78, 5) is 0. The smallest absolute Gasteiger partial charge is 0.257 e. The second-order valence-electron chi connectivity index (χ2n) is 5.49. The van der Waals surface area contributed by atoms with Gasteiger partial charge >= 0.3 is 0 Å². The Hall–Kier alpha value is -1.47. The van der Waals surface area contributed by atoms with Crippen molar-refractivity contribution >= 4 is 12.4 Å². The summed E-state index contributed by atoms with van der Waals surface area (Å²) in [7, 11) is 0. The average Bonchev–Trinajstić information content (AvgIpc) is 2.98. The molecule has 0 spiro atoms. The van der Waals surface area contributed by atoms with E-state index in [4.69, 9.17) is 0 Å². The lowest BCUT2D eigenvalue weighted by Crippen LogP contribution is -2.13. The SMILES string of the molecule is CC(C)Cn1ccc(CNCc2cnn(CC(F)F)c2)n1.Cl. The van der Waals surface area contributed by atoms with Gasteiger partial charge in [0, 0.05) is 37.6 Å². The molecule has 22 heavy (non-hydrogen) atoms. The fraction of sp³-hybridized carbons (Fsp3) is 0.571. The van der Waals surface area contributed by atoms with E-state index in [-0.39, 0.29) is 19.0 Å². The molecule has 0 aliphatic heterocycles. The molecule has 0 atom stereocenters. The van der Waals surface area contributed by atoms with E-state index in [2.05, 4.69) is 29.4 Å². The van der Waals surface area contributed by atoms with Crippen molar-refractivity contribution in [1.82, 2.24) is 24.9 Å². The Morgan fingerprint density at radius 1 is 1.18 bits per heavy atom. The summed E-state index contributed by atoms with van der Waals surface area (Å²) >= 11 is 0. The van der Waals surface area contributed by atoms with Crippen molar-refractivity contribution in [3.63, 3.8) is 0 Å². The lowest BCUT2D eigenvalue weighted by atomic mass is 10.2. The lowest BCUT2D eigenvalue weighted by molar-refractivity contribution is 0.122. The third kappa shape index (κ3) is 6.11. The molecule has 0 amide bonds. The van der Waals surface area contributed by atoms with Crippen molar-refractivity contribution in [1.29, 1.82) is 0 Å². The molecule has 0 aliphatic rings. The van der Waals surface area contributed by atoms with Gasteiger partial charge in [-0.2, -0.15) is 10.2 Å². The first-order valence-corrected chi connectivity index (χ1v) is 7.05. The van der Waals surface area contributed by atoms with Crippen LogP contribution in [0.4, 0.5) is 8.78 Å². The monoisotopic (exact) mass is 333 g/mol. The molecule has 0 bridgehead atoms. The van der Waals surface area contributed by atoms with Crippen LogP contribution in [-0.2, 0) is 26.2 Å². The zero-order valence-corrected chi connectivity index (χ0v) is 13.6. The summed E-state index contributed by atoms with van der Waals surface area (Å²) < 4.78 is 27.6. The summed E-state index contributed by atoms with van der Waals surface area (Å²) in [5.41, 5.74) is 1.85. The molecule has 2 aromatic rings. The summed E-state index contributed by atoms with van der Waals surface area (Å²) in [6.45, 7) is 6.07. The quantitative estimate of drug-likeness (QED) is 0.808. The van der Waals surface area contributed by atoms with Crippen LogP contribution in [0.3, 0.4) is 0 Å². The minimum absolute atomic E-state index is 0. The zero-order chi connectivity index (χ0) is 15.2. The Morgan fingerprint density at radius 2 is 1.95 bits per heavy atom. The predicted octanol–water partition coefficient (Wildman–Crippen LogP) is 2.71. The molecule has 8 heteroatoms. The molecular formula is C14H22ClF2N5. The molecular weight excluding hydrogens is 312 g/mol. The van der Waals surface area contributed by atoms with Gasteiger partial charge in [0.05, 0.1) is 11.9 Å². The molecule has 1 N–H and O–H groups in total. The van der Waals surface area contributed by atoms with E-state index in [9.17, 15) is 8.78 Å². The summed E-state index contributed by atoms with van der Waals surface area (Å²) in [6.07, 6.45) is 2.83. The Labute approximate surface area is 135 Å². The van der Waals surface area contributed by atoms with Gasteiger partial charge in [-0.1, -0.05) is 13.8 Å². The van der Waals surface area contributed by atoms with Crippen molar-refractivity contribution in [2.45, 2.75) is 46.5 Å². The van der Waals surface area contributed by atoms with E-state index < -0.39 is 6.43 Å². The highest BCUT2D eigenvalue weighted by molar-refractivity contribution is 5.85. The van der Waals surface area contributed by atoms with Crippen molar-refractivity contribution in [2.75, 3.05) is 0 Å². The van der Waals surface area contributed by atoms with Crippen molar-refractivity contribution in [3.8, 4) is 0 Å². The topological polar surface area (TPSA) is 47.7 Å². The van der Waals surface area contributed by atoms with Crippen LogP contribution < -0.4 is 5.32 Å². The zero-order valence-electron chi connectivity index (χ0n) is 12.7. The molecule has 0 radical (unpaired) electrons. The molecule has 0 saturated carbocycles. The normalized spacial score (nSPS) is 11.2. The second kappa shape index (κ2) is 8.85. The first-order chi connectivity index (χ1) is 10.0. The number of aromatic nitrogens is 4. The standard InChI is InChI=1S/C14H21F2N5.ClH/c1-11(2)8-20-4-3-13(19-20)7-17-5-12-6-18-21(9-12)10-14(15)16;/h3-4,6,9,11,14,17H,5,7-8,10H2,1-2H3;1H. The highest BCUT2D eigenvalue weighted by Crippen LogP contribution is 2.03. The van der Waals surface area contributed by atoms with Crippen LogP contribution in [-0.4, -0.2) is 26.0 Å². The molecule has 0 aromatic carbocycles. The molecule has 124 valence electrons. The average molecular weight is 334 g/mol. The fourth-order valence-electron chi connectivity index (χ4n) is 2.05. The Balaban J connectivity index is 0.00000242. The van der Waals surface area contributed by atoms with Crippen LogP contribution in [0.2, 0.25) is 0 Å². The van der Waals surface area contributed by atoms with Crippen molar-refractivity contribution in [2.24, 2.45) is 5.92 Å². The Morgan fingerprint density at radius 3 is 2.64 bits per heavy atom. The lowest BCUT2D eigenvalue weighted by Gasteiger charge is -2.04. The molecule has 2 rings (SSSR count). The highest BCUT2D eigenvalue weighted by atomic mass is 35.5. The van der Waals surface area contributed by atoms with Crippen LogP contribution >= 0.6 is 12.4 Å². The minimum atomic E-state index is -2.38. The van der Waals surface area contributed by atoms with Crippen LogP contribution in [0.25, 0.3) is 0 Å². The van der Waals surface area contributed by atoms with Gasteiger partial charge in [-0.3, -0.25) is 9.36 Å². The first-order valence-electron chi connectivity index (χ1n) is 7.05. The van der Waals surface area contributed by atoms with Crippen LogP contribution in [0.15, 0.2) is 24.7 Å². The van der Waals surface area contributed by atoms with E-state index >= 15 is 0 Å². The first kappa shape index (κ1) is 18.6. The maximum Gasteiger partial charge on any atom is 0.257 e. The van der Waals surface area contributed by atoms with Gasteiger partial charge in [0.2, 0.25) is 0 Å². The number of hydrogen-bond acceptors (Lipinski definition) is 3. The van der Waals surface area contributed by atoms with Crippen LogP contribution in [0, 0.1) is 5.92 Å². The Kier molecular flexibility index (Phi) is 7.47. The van der Waals surface area contributed by atoms with Gasteiger partial charge in [0.1, 0.15) is 6.54 Å². The predicted molar refractivity (Wildman–Crippen MR) is 83.1 cm³/mol. The van der Waals surface area contributed by atoms with E-state index in [1.165, 1.54) is 4.68 Å². The van der Waals surface area contributed by atoms with E-state index in [0.717, 1.165) is 17.8 Å². The number of hydrogen-bond donors (Lipinski definition) is 1. The number of nitrogens with one attached hydrogen (secondary N) is 1. The van der Waals surface area contributed by atoms with Crippen molar-refractivity contribution in [3.05, 3.63) is 35.9 Å². The number of halogens is 3. The third-order valence-corrected chi connectivity index (χ3v) is 2.90. The minimum Gasteiger partial charge on any atom is -0.307 e. The van der Waals surface area contributed by atoms with Crippen LogP contribution in [0.1, 0.15) is 25.1 Å². The Bertz CT molecular complexity index is 505. The summed E-state index contributed by atoms with van der Waals surface area (Å²) in [5, 5.41) is 11.6. The highest BCUT2D eigenvalue weighted by Gasteiger charge is 2.06. The molecule has 2 aromatic heterocycles. The maximum absolute atomic E-state index is 12.2. The largest absolute Gasteiger partial charge is 0.307 e. The van der Waals surface area contributed by atoms with Crippen molar-refractivity contribution < 1.29 is 8.78 Å². The van der Waals surface area contributed by atoms with Gasteiger partial charge in [-0.25, -0.2) is 8.78 Å². The molecule has 2 heterocycles. The molecule has 0 unspecified atom stereocenters. The van der Waals surface area contributed by atoms with Gasteiger partial charge in [0.25, 0.3) is 6.43 Å². The van der Waals surface area contributed by atoms with Gasteiger partial charge in [-0.15, -0.1) is 12.4 Å².